The monoisotopic (exact) mass is 278 g/mol. The summed E-state index contributed by atoms with van der Waals surface area (Å²) in [6.07, 6.45) is -0.966. The molecule has 0 radical (unpaired) electrons. The number of hydrogen-bond acceptors (Lipinski definition) is 2. The number of benzene rings is 2. The van der Waals surface area contributed by atoms with Crippen LogP contribution in [0.3, 0.4) is 0 Å². The van der Waals surface area contributed by atoms with Crippen molar-refractivity contribution in [1.82, 2.24) is 0 Å². The molecule has 20 heavy (non-hydrogen) atoms. The second-order valence-corrected chi connectivity index (χ2v) is 4.68. The van der Waals surface area contributed by atoms with Crippen LogP contribution < -0.4 is 4.74 Å². The summed E-state index contributed by atoms with van der Waals surface area (Å²) in [5, 5.41) is 10.1. The lowest BCUT2D eigenvalue weighted by atomic mass is 9.99. The van der Waals surface area contributed by atoms with Crippen molar-refractivity contribution in [3.8, 4) is 5.75 Å². The van der Waals surface area contributed by atoms with Crippen LogP contribution in [-0.2, 0) is 6.42 Å². The Morgan fingerprint density at radius 2 is 1.95 bits per heavy atom. The predicted molar refractivity (Wildman–Crippen MR) is 72.8 cm³/mol. The van der Waals surface area contributed by atoms with Gasteiger partial charge in [-0.3, -0.25) is 0 Å². The van der Waals surface area contributed by atoms with Crippen molar-refractivity contribution in [1.29, 1.82) is 0 Å². The Morgan fingerprint density at radius 1 is 1.20 bits per heavy atom. The first-order valence-electron chi connectivity index (χ1n) is 6.28. The van der Waals surface area contributed by atoms with Crippen molar-refractivity contribution in [3.63, 3.8) is 0 Å². The first-order chi connectivity index (χ1) is 9.52. The van der Waals surface area contributed by atoms with Crippen LogP contribution in [0.5, 0.6) is 5.75 Å². The molecule has 0 fully saturated rings. The van der Waals surface area contributed by atoms with E-state index in [0.29, 0.717) is 5.75 Å². The van der Waals surface area contributed by atoms with Crippen LogP contribution in [0.4, 0.5) is 8.78 Å². The van der Waals surface area contributed by atoms with E-state index in [2.05, 4.69) is 0 Å². The smallest absolute Gasteiger partial charge is 0.164 e. The van der Waals surface area contributed by atoms with Gasteiger partial charge in [-0.15, -0.1) is 0 Å². The Labute approximate surface area is 116 Å². The van der Waals surface area contributed by atoms with Gasteiger partial charge >= 0.3 is 0 Å². The molecule has 2 nitrogen and oxygen atoms in total. The van der Waals surface area contributed by atoms with Gasteiger partial charge in [-0.25, -0.2) is 8.78 Å². The normalized spacial score (nSPS) is 12.2. The van der Waals surface area contributed by atoms with Crippen LogP contribution in [0.15, 0.2) is 36.4 Å². The highest BCUT2D eigenvalue weighted by atomic mass is 19.2. The van der Waals surface area contributed by atoms with Crippen molar-refractivity contribution in [2.24, 2.45) is 0 Å². The molecule has 1 unspecified atom stereocenters. The third-order valence-corrected chi connectivity index (χ3v) is 3.19. The molecule has 2 aromatic carbocycles. The molecule has 0 heterocycles. The van der Waals surface area contributed by atoms with Gasteiger partial charge in [0.25, 0.3) is 0 Å². The molecule has 0 aliphatic carbocycles. The number of aryl methyl sites for hydroxylation is 1. The Hall–Kier alpha value is -1.94. The summed E-state index contributed by atoms with van der Waals surface area (Å²) in [7, 11) is 1.53. The maximum absolute atomic E-state index is 13.7. The molecule has 0 spiro atoms. The van der Waals surface area contributed by atoms with Crippen molar-refractivity contribution in [3.05, 3.63) is 64.7 Å². The van der Waals surface area contributed by atoms with Crippen LogP contribution >= 0.6 is 0 Å². The van der Waals surface area contributed by atoms with E-state index in [9.17, 15) is 13.9 Å². The van der Waals surface area contributed by atoms with Crippen LogP contribution in [0.25, 0.3) is 0 Å². The van der Waals surface area contributed by atoms with Gasteiger partial charge in [0.15, 0.2) is 11.6 Å². The summed E-state index contributed by atoms with van der Waals surface area (Å²) in [5.41, 5.74) is 1.71. The maximum atomic E-state index is 13.7. The third kappa shape index (κ3) is 2.96. The first kappa shape index (κ1) is 14.5. The number of rotatable bonds is 4. The van der Waals surface area contributed by atoms with E-state index in [1.54, 1.807) is 6.07 Å². The molecule has 0 saturated heterocycles. The van der Waals surface area contributed by atoms with Gasteiger partial charge < -0.3 is 9.84 Å². The average molecular weight is 278 g/mol. The van der Waals surface area contributed by atoms with E-state index < -0.39 is 17.7 Å². The van der Waals surface area contributed by atoms with E-state index in [1.807, 2.05) is 19.1 Å². The topological polar surface area (TPSA) is 29.5 Å². The number of aliphatic hydroxyl groups excluding tert-OH is 1. The van der Waals surface area contributed by atoms with E-state index in [0.717, 1.165) is 17.2 Å². The van der Waals surface area contributed by atoms with Gasteiger partial charge in [-0.2, -0.15) is 0 Å². The van der Waals surface area contributed by atoms with Gasteiger partial charge in [0.05, 0.1) is 13.2 Å². The molecule has 0 saturated carbocycles. The molecule has 106 valence electrons. The second-order valence-electron chi connectivity index (χ2n) is 4.68. The third-order valence-electron chi connectivity index (χ3n) is 3.19. The molecule has 4 heteroatoms. The Bertz CT molecular complexity index is 611. The predicted octanol–water partition coefficient (Wildman–Crippen LogP) is 3.56. The zero-order valence-corrected chi connectivity index (χ0v) is 11.4. The minimum Gasteiger partial charge on any atom is -0.496 e. The molecule has 2 aromatic rings. The van der Waals surface area contributed by atoms with E-state index in [1.165, 1.54) is 19.2 Å². The largest absolute Gasteiger partial charge is 0.496 e. The molecule has 1 N–H and O–H groups in total. The SMILES string of the molecule is COc1ccc(C)cc1CC(O)c1cccc(F)c1F. The van der Waals surface area contributed by atoms with Crippen molar-refractivity contribution < 1.29 is 18.6 Å². The van der Waals surface area contributed by atoms with Gasteiger partial charge in [0, 0.05) is 12.0 Å². The highest BCUT2D eigenvalue weighted by molar-refractivity contribution is 5.38. The minimum absolute atomic E-state index is 0.0476. The van der Waals surface area contributed by atoms with E-state index in [4.69, 9.17) is 4.74 Å². The number of methoxy groups -OCH3 is 1. The summed E-state index contributed by atoms with van der Waals surface area (Å²) < 4.78 is 32.0. The molecule has 1 atom stereocenters. The van der Waals surface area contributed by atoms with Gasteiger partial charge in [-0.05, 0) is 24.6 Å². The minimum atomic E-state index is -1.12. The number of halogens is 2. The van der Waals surface area contributed by atoms with Crippen LogP contribution in [-0.4, -0.2) is 12.2 Å². The quantitative estimate of drug-likeness (QED) is 0.926. The number of hydrogen-bond donors (Lipinski definition) is 1. The fraction of sp³-hybridized carbons (Fsp3) is 0.250. The molecule has 0 aromatic heterocycles. The summed E-state index contributed by atoms with van der Waals surface area (Å²) >= 11 is 0. The number of ether oxygens (including phenoxy) is 1. The summed E-state index contributed by atoms with van der Waals surface area (Å²) in [5.74, 6) is -1.35. The zero-order chi connectivity index (χ0) is 14.7. The molecule has 2 rings (SSSR count). The Kier molecular flexibility index (Phi) is 4.35. The van der Waals surface area contributed by atoms with Crippen LogP contribution in [0.1, 0.15) is 22.8 Å². The molecular formula is C16H16F2O2. The summed E-state index contributed by atoms with van der Waals surface area (Å²) in [4.78, 5) is 0. The van der Waals surface area contributed by atoms with E-state index >= 15 is 0 Å². The Morgan fingerprint density at radius 3 is 2.65 bits per heavy atom. The lowest BCUT2D eigenvalue weighted by molar-refractivity contribution is 0.171. The maximum Gasteiger partial charge on any atom is 0.164 e. The summed E-state index contributed by atoms with van der Waals surface area (Å²) in [6, 6.07) is 9.32. The highest BCUT2D eigenvalue weighted by Gasteiger charge is 2.18. The Balaban J connectivity index is 2.30. The highest BCUT2D eigenvalue weighted by Crippen LogP contribution is 2.27. The van der Waals surface area contributed by atoms with Crippen LogP contribution in [0.2, 0.25) is 0 Å². The van der Waals surface area contributed by atoms with Crippen molar-refractivity contribution in [2.75, 3.05) is 7.11 Å². The average Bonchev–Trinajstić information content (AvgIpc) is 2.42. The van der Waals surface area contributed by atoms with Gasteiger partial charge in [0.2, 0.25) is 0 Å². The van der Waals surface area contributed by atoms with Crippen molar-refractivity contribution in [2.45, 2.75) is 19.4 Å². The van der Waals surface area contributed by atoms with Gasteiger partial charge in [0.1, 0.15) is 5.75 Å². The van der Waals surface area contributed by atoms with E-state index in [-0.39, 0.29) is 12.0 Å². The molecular weight excluding hydrogens is 262 g/mol. The summed E-state index contributed by atoms with van der Waals surface area (Å²) in [6.45, 7) is 1.91. The molecule has 0 bridgehead atoms. The lowest BCUT2D eigenvalue weighted by Gasteiger charge is -2.15. The lowest BCUT2D eigenvalue weighted by Crippen LogP contribution is -2.07. The molecule has 0 amide bonds. The van der Waals surface area contributed by atoms with Gasteiger partial charge in [-0.1, -0.05) is 29.8 Å². The first-order valence-corrected chi connectivity index (χ1v) is 6.28. The fourth-order valence-electron chi connectivity index (χ4n) is 2.16. The van der Waals surface area contributed by atoms with Crippen molar-refractivity contribution >= 4 is 0 Å². The van der Waals surface area contributed by atoms with Crippen LogP contribution in [0, 0.1) is 18.6 Å². The molecule has 0 aliphatic rings. The fourth-order valence-corrected chi connectivity index (χ4v) is 2.16. The standard InChI is InChI=1S/C16H16F2O2/c1-10-6-7-15(20-2)11(8-10)9-14(19)12-4-3-5-13(17)16(12)18/h3-8,14,19H,9H2,1-2H3. The number of aliphatic hydroxyl groups is 1. The zero-order valence-electron chi connectivity index (χ0n) is 11.4. The second kappa shape index (κ2) is 6.01. The molecule has 0 aliphatic heterocycles.